The molecular weight excluding hydrogens is 404 g/mol. The predicted octanol–water partition coefficient (Wildman–Crippen LogP) is 4.50. The van der Waals surface area contributed by atoms with E-state index < -0.39 is 23.2 Å². The number of rotatable bonds is 4. The van der Waals surface area contributed by atoms with Crippen molar-refractivity contribution in [1.82, 2.24) is 9.80 Å². The van der Waals surface area contributed by atoms with Crippen molar-refractivity contribution in [3.63, 3.8) is 0 Å². The number of hydrogen-bond acceptors (Lipinski definition) is 3. The van der Waals surface area contributed by atoms with Crippen LogP contribution in [0.1, 0.15) is 70.8 Å². The highest BCUT2D eigenvalue weighted by molar-refractivity contribution is 6.30. The standard InChI is InChI=1S/C23H33ClN2O4/c1-22(2,3)26(21(28)29)18-10-13-25(15-18)20(27)19(16-8-7-9-17(24)14-16)23(30)11-5-4-6-12-23/h7-9,14,18-19,30H,4-6,10-13,15H2,1-3H3,(H,28,29)/t18-,19?/m0/s1. The third-order valence-corrected chi connectivity index (χ3v) is 6.69. The molecule has 7 heteroatoms. The van der Waals surface area contributed by atoms with Gasteiger partial charge in [0.25, 0.3) is 0 Å². The van der Waals surface area contributed by atoms with Crippen LogP contribution >= 0.6 is 11.6 Å². The lowest BCUT2D eigenvalue weighted by atomic mass is 9.72. The Bertz CT molecular complexity index is 786. The predicted molar refractivity (Wildman–Crippen MR) is 117 cm³/mol. The van der Waals surface area contributed by atoms with Crippen molar-refractivity contribution >= 4 is 23.6 Å². The van der Waals surface area contributed by atoms with Gasteiger partial charge in [0.2, 0.25) is 5.91 Å². The van der Waals surface area contributed by atoms with Crippen LogP contribution in [0.3, 0.4) is 0 Å². The van der Waals surface area contributed by atoms with Gasteiger partial charge in [-0.25, -0.2) is 4.79 Å². The van der Waals surface area contributed by atoms with Crippen molar-refractivity contribution in [2.45, 2.75) is 82.4 Å². The van der Waals surface area contributed by atoms with E-state index in [-0.39, 0.29) is 11.9 Å². The number of aliphatic hydroxyl groups is 1. The van der Waals surface area contributed by atoms with E-state index in [2.05, 4.69) is 0 Å². The van der Waals surface area contributed by atoms with Gasteiger partial charge in [-0.1, -0.05) is 43.0 Å². The maximum Gasteiger partial charge on any atom is 0.408 e. The van der Waals surface area contributed by atoms with Gasteiger partial charge in [-0.05, 0) is 57.7 Å². The highest BCUT2D eigenvalue weighted by atomic mass is 35.5. The number of hydrogen-bond donors (Lipinski definition) is 2. The second-order valence-corrected chi connectivity index (χ2v) is 10.1. The van der Waals surface area contributed by atoms with Crippen molar-refractivity contribution in [2.24, 2.45) is 0 Å². The molecule has 166 valence electrons. The van der Waals surface area contributed by atoms with Gasteiger partial charge in [-0.3, -0.25) is 9.69 Å². The highest BCUT2D eigenvalue weighted by Gasteiger charge is 2.47. The van der Waals surface area contributed by atoms with Gasteiger partial charge < -0.3 is 15.1 Å². The fraction of sp³-hybridized carbons (Fsp3) is 0.652. The largest absolute Gasteiger partial charge is 0.465 e. The second-order valence-electron chi connectivity index (χ2n) is 9.70. The minimum Gasteiger partial charge on any atom is -0.465 e. The Labute approximate surface area is 183 Å². The summed E-state index contributed by atoms with van der Waals surface area (Å²) in [5.74, 6) is -0.827. The lowest BCUT2D eigenvalue weighted by Crippen LogP contribution is -2.53. The molecule has 0 aromatic heterocycles. The molecule has 1 aromatic rings. The van der Waals surface area contributed by atoms with Gasteiger partial charge in [-0.2, -0.15) is 0 Å². The molecule has 30 heavy (non-hydrogen) atoms. The van der Waals surface area contributed by atoms with E-state index >= 15 is 0 Å². The minimum absolute atomic E-state index is 0.136. The highest BCUT2D eigenvalue weighted by Crippen LogP contribution is 2.42. The topological polar surface area (TPSA) is 81.1 Å². The summed E-state index contributed by atoms with van der Waals surface area (Å²) in [5.41, 5.74) is -0.927. The summed E-state index contributed by atoms with van der Waals surface area (Å²) in [7, 11) is 0. The molecule has 6 nitrogen and oxygen atoms in total. The fourth-order valence-electron chi connectivity index (χ4n) is 5.15. The summed E-state index contributed by atoms with van der Waals surface area (Å²) >= 11 is 6.21. The molecule has 2 atom stereocenters. The van der Waals surface area contributed by atoms with Crippen LogP contribution in [0.5, 0.6) is 0 Å². The Kier molecular flexibility index (Phi) is 6.68. The second kappa shape index (κ2) is 8.75. The van der Waals surface area contributed by atoms with Crippen molar-refractivity contribution in [2.75, 3.05) is 13.1 Å². The number of carbonyl (C=O) groups is 2. The number of benzene rings is 1. The van der Waals surface area contributed by atoms with E-state index in [1.54, 1.807) is 17.0 Å². The molecule has 1 unspecified atom stereocenters. The summed E-state index contributed by atoms with van der Waals surface area (Å²) in [4.78, 5) is 28.8. The van der Waals surface area contributed by atoms with E-state index in [4.69, 9.17) is 11.6 Å². The monoisotopic (exact) mass is 436 g/mol. The molecule has 0 bridgehead atoms. The quantitative estimate of drug-likeness (QED) is 0.728. The third kappa shape index (κ3) is 4.75. The van der Waals surface area contributed by atoms with E-state index in [9.17, 15) is 19.8 Å². The first-order valence-electron chi connectivity index (χ1n) is 10.8. The van der Waals surface area contributed by atoms with Crippen LogP contribution in [0.15, 0.2) is 24.3 Å². The first kappa shape index (κ1) is 22.9. The van der Waals surface area contributed by atoms with Gasteiger partial charge >= 0.3 is 6.09 Å². The molecule has 1 aliphatic carbocycles. The van der Waals surface area contributed by atoms with Crippen LogP contribution < -0.4 is 0 Å². The Balaban J connectivity index is 1.88. The Morgan fingerprint density at radius 3 is 2.47 bits per heavy atom. The van der Waals surface area contributed by atoms with Gasteiger partial charge in [0.15, 0.2) is 0 Å². The van der Waals surface area contributed by atoms with Crippen molar-refractivity contribution in [1.29, 1.82) is 0 Å². The average Bonchev–Trinajstić information content (AvgIpc) is 3.10. The lowest BCUT2D eigenvalue weighted by Gasteiger charge is -2.41. The molecule has 0 spiro atoms. The number of halogens is 1. The lowest BCUT2D eigenvalue weighted by molar-refractivity contribution is -0.140. The van der Waals surface area contributed by atoms with Gasteiger partial charge in [0, 0.05) is 23.7 Å². The number of amides is 2. The van der Waals surface area contributed by atoms with Crippen LogP contribution in [-0.4, -0.2) is 62.3 Å². The molecule has 1 aliphatic heterocycles. The molecule has 1 saturated heterocycles. The van der Waals surface area contributed by atoms with Gasteiger partial charge in [-0.15, -0.1) is 0 Å². The van der Waals surface area contributed by atoms with Crippen LogP contribution in [0.25, 0.3) is 0 Å². The zero-order valence-corrected chi connectivity index (χ0v) is 18.9. The van der Waals surface area contributed by atoms with Crippen LogP contribution in [0.4, 0.5) is 4.79 Å². The molecule has 2 amide bonds. The Morgan fingerprint density at radius 2 is 1.90 bits per heavy atom. The summed E-state index contributed by atoms with van der Waals surface area (Å²) in [6.45, 7) is 6.42. The maximum absolute atomic E-state index is 13.7. The molecule has 1 aromatic carbocycles. The SMILES string of the molecule is CC(C)(C)N(C(=O)O)[C@H]1CCN(C(=O)C(c2cccc(Cl)c2)C2(O)CCCCC2)C1. The zero-order valence-electron chi connectivity index (χ0n) is 18.1. The summed E-state index contributed by atoms with van der Waals surface area (Å²) in [6.07, 6.45) is 3.62. The summed E-state index contributed by atoms with van der Waals surface area (Å²) in [5, 5.41) is 21.8. The molecule has 2 aliphatic rings. The summed E-state index contributed by atoms with van der Waals surface area (Å²) in [6, 6.07) is 6.93. The summed E-state index contributed by atoms with van der Waals surface area (Å²) < 4.78 is 0. The molecule has 2 N–H and O–H groups in total. The average molecular weight is 437 g/mol. The van der Waals surface area contributed by atoms with Crippen LogP contribution in [0.2, 0.25) is 5.02 Å². The third-order valence-electron chi connectivity index (χ3n) is 6.45. The first-order chi connectivity index (χ1) is 14.0. The van der Waals surface area contributed by atoms with E-state index in [0.29, 0.717) is 37.4 Å². The van der Waals surface area contributed by atoms with E-state index in [0.717, 1.165) is 24.8 Å². The van der Waals surface area contributed by atoms with Crippen LogP contribution in [0, 0.1) is 0 Å². The molecule has 2 fully saturated rings. The number of carboxylic acid groups (broad SMARTS) is 1. The van der Waals surface area contributed by atoms with Crippen LogP contribution in [-0.2, 0) is 4.79 Å². The normalized spacial score (nSPS) is 22.6. The number of likely N-dealkylation sites (tertiary alicyclic amines) is 1. The molecule has 3 rings (SSSR count). The Morgan fingerprint density at radius 1 is 1.23 bits per heavy atom. The zero-order chi connectivity index (χ0) is 22.1. The van der Waals surface area contributed by atoms with E-state index in [1.165, 1.54) is 4.90 Å². The molecule has 1 heterocycles. The van der Waals surface area contributed by atoms with Crippen molar-refractivity contribution in [3.8, 4) is 0 Å². The molecule has 1 saturated carbocycles. The number of nitrogens with zero attached hydrogens (tertiary/aromatic N) is 2. The Hall–Kier alpha value is -1.79. The van der Waals surface area contributed by atoms with Gasteiger partial charge in [0.05, 0.1) is 17.6 Å². The first-order valence-corrected chi connectivity index (χ1v) is 11.2. The van der Waals surface area contributed by atoms with Gasteiger partial charge in [0.1, 0.15) is 0 Å². The molecule has 0 radical (unpaired) electrons. The van der Waals surface area contributed by atoms with Crippen molar-refractivity contribution in [3.05, 3.63) is 34.9 Å². The fourth-order valence-corrected chi connectivity index (χ4v) is 5.35. The van der Waals surface area contributed by atoms with Crippen molar-refractivity contribution < 1.29 is 19.8 Å². The van der Waals surface area contributed by atoms with E-state index in [1.807, 2.05) is 32.9 Å². The smallest absolute Gasteiger partial charge is 0.408 e. The number of carbonyl (C=O) groups excluding carboxylic acids is 1. The molecular formula is C23H33ClN2O4. The minimum atomic E-state index is -1.10. The maximum atomic E-state index is 13.7.